The van der Waals surface area contributed by atoms with Gasteiger partial charge in [-0.15, -0.1) is 11.3 Å². The van der Waals surface area contributed by atoms with Crippen LogP contribution in [0.25, 0.3) is 10.6 Å². The Labute approximate surface area is 127 Å². The molecule has 3 heterocycles. The summed E-state index contributed by atoms with van der Waals surface area (Å²) >= 11 is 1.45. The topological polar surface area (TPSA) is 66.6 Å². The second-order valence-corrected chi connectivity index (χ2v) is 6.07. The number of thiazole rings is 1. The normalized spacial score (nSPS) is 18.3. The molecule has 1 saturated heterocycles. The van der Waals surface area contributed by atoms with Gasteiger partial charge in [-0.05, 0) is 31.7 Å². The molecule has 0 radical (unpaired) electrons. The second-order valence-electron chi connectivity index (χ2n) is 5.21. The number of hydrogen-bond acceptors (Lipinski definition) is 5. The lowest BCUT2D eigenvalue weighted by atomic mass is 10.1. The van der Waals surface area contributed by atoms with Crippen molar-refractivity contribution in [3.8, 4) is 10.6 Å². The van der Waals surface area contributed by atoms with Crippen LogP contribution in [-0.2, 0) is 0 Å². The Morgan fingerprint density at radius 2 is 2.48 bits per heavy atom. The van der Waals surface area contributed by atoms with E-state index in [1.54, 1.807) is 12.5 Å². The fourth-order valence-corrected chi connectivity index (χ4v) is 3.55. The fourth-order valence-electron chi connectivity index (χ4n) is 2.77. The summed E-state index contributed by atoms with van der Waals surface area (Å²) in [6.07, 6.45) is 6.88. The van der Waals surface area contributed by atoms with Crippen LogP contribution in [0.15, 0.2) is 28.4 Å². The number of aliphatic hydroxyl groups is 1. The van der Waals surface area contributed by atoms with Crippen LogP contribution in [0, 0.1) is 0 Å². The number of amides is 1. The van der Waals surface area contributed by atoms with Crippen molar-refractivity contribution in [1.82, 2.24) is 9.88 Å². The highest BCUT2D eigenvalue weighted by Crippen LogP contribution is 2.27. The van der Waals surface area contributed by atoms with E-state index < -0.39 is 0 Å². The van der Waals surface area contributed by atoms with E-state index in [2.05, 4.69) is 4.98 Å². The highest BCUT2D eigenvalue weighted by Gasteiger charge is 2.30. The van der Waals surface area contributed by atoms with E-state index in [9.17, 15) is 4.79 Å². The van der Waals surface area contributed by atoms with E-state index in [0.717, 1.165) is 42.8 Å². The van der Waals surface area contributed by atoms with Crippen molar-refractivity contribution in [2.24, 2.45) is 0 Å². The summed E-state index contributed by atoms with van der Waals surface area (Å²) in [5.41, 5.74) is 1.41. The molecule has 1 amide bonds. The first kappa shape index (κ1) is 14.3. The highest BCUT2D eigenvalue weighted by atomic mass is 32.1. The van der Waals surface area contributed by atoms with E-state index in [-0.39, 0.29) is 18.6 Å². The number of rotatable bonds is 5. The van der Waals surface area contributed by atoms with E-state index in [0.29, 0.717) is 5.69 Å². The number of carbonyl (C=O) groups is 1. The monoisotopic (exact) mass is 306 g/mol. The Bertz CT molecular complexity index is 594. The molecule has 0 aromatic carbocycles. The Hall–Kier alpha value is -1.66. The number of nitrogens with zero attached hydrogens (tertiary/aromatic N) is 2. The van der Waals surface area contributed by atoms with Crippen LogP contribution in [0.2, 0.25) is 0 Å². The van der Waals surface area contributed by atoms with Gasteiger partial charge >= 0.3 is 0 Å². The van der Waals surface area contributed by atoms with Crippen LogP contribution in [-0.4, -0.2) is 40.1 Å². The minimum absolute atomic E-state index is 0.00133. The quantitative estimate of drug-likeness (QED) is 0.922. The third-order valence-electron chi connectivity index (χ3n) is 3.82. The maximum atomic E-state index is 12.6. The predicted octanol–water partition coefficient (Wildman–Crippen LogP) is 2.78. The van der Waals surface area contributed by atoms with E-state index >= 15 is 0 Å². The first-order valence-electron chi connectivity index (χ1n) is 7.19. The van der Waals surface area contributed by atoms with Gasteiger partial charge in [-0.3, -0.25) is 4.79 Å². The van der Waals surface area contributed by atoms with Crippen molar-refractivity contribution < 1.29 is 14.3 Å². The van der Waals surface area contributed by atoms with Crippen molar-refractivity contribution >= 4 is 17.2 Å². The van der Waals surface area contributed by atoms with Gasteiger partial charge in [0.25, 0.3) is 5.91 Å². The molecule has 0 aliphatic carbocycles. The zero-order valence-corrected chi connectivity index (χ0v) is 12.5. The predicted molar refractivity (Wildman–Crippen MR) is 80.2 cm³/mol. The molecule has 2 aromatic heterocycles. The average Bonchev–Trinajstić information content (AvgIpc) is 3.24. The molecule has 5 nitrogen and oxygen atoms in total. The van der Waals surface area contributed by atoms with E-state index in [1.807, 2.05) is 16.3 Å². The lowest BCUT2D eigenvalue weighted by Crippen LogP contribution is -2.35. The average molecular weight is 306 g/mol. The molecular formula is C15H18N2O3S. The summed E-state index contributed by atoms with van der Waals surface area (Å²) in [6, 6.07) is 2.08. The molecule has 1 atom stereocenters. The number of carbonyl (C=O) groups excluding carboxylic acids is 1. The minimum Gasteiger partial charge on any atom is -0.472 e. The van der Waals surface area contributed by atoms with Crippen LogP contribution >= 0.6 is 11.3 Å². The first-order chi connectivity index (χ1) is 10.3. The van der Waals surface area contributed by atoms with Crippen LogP contribution in [0.1, 0.15) is 36.2 Å². The van der Waals surface area contributed by atoms with Crippen molar-refractivity contribution in [2.45, 2.75) is 31.7 Å². The van der Waals surface area contributed by atoms with E-state index in [4.69, 9.17) is 9.52 Å². The summed E-state index contributed by atoms with van der Waals surface area (Å²) in [5.74, 6) is 0.00133. The molecule has 1 N–H and O–H groups in total. The lowest BCUT2D eigenvalue weighted by Gasteiger charge is -2.23. The highest BCUT2D eigenvalue weighted by molar-refractivity contribution is 7.13. The molecule has 3 rings (SSSR count). The summed E-state index contributed by atoms with van der Waals surface area (Å²) in [4.78, 5) is 18.9. The maximum Gasteiger partial charge on any atom is 0.273 e. The minimum atomic E-state index is 0.00133. The summed E-state index contributed by atoms with van der Waals surface area (Å²) in [7, 11) is 0. The van der Waals surface area contributed by atoms with E-state index in [1.165, 1.54) is 11.3 Å². The van der Waals surface area contributed by atoms with Gasteiger partial charge in [0.15, 0.2) is 0 Å². The molecule has 2 aromatic rings. The molecule has 1 unspecified atom stereocenters. The Balaban J connectivity index is 1.73. The molecule has 1 fully saturated rings. The van der Waals surface area contributed by atoms with Crippen molar-refractivity contribution in [3.05, 3.63) is 29.7 Å². The third-order valence-corrected chi connectivity index (χ3v) is 4.72. The number of aromatic nitrogens is 1. The molecule has 0 bridgehead atoms. The molecule has 6 heteroatoms. The fraction of sp³-hybridized carbons (Fsp3) is 0.467. The largest absolute Gasteiger partial charge is 0.472 e. The Morgan fingerprint density at radius 3 is 3.24 bits per heavy atom. The van der Waals surface area contributed by atoms with Gasteiger partial charge in [-0.2, -0.15) is 0 Å². The zero-order chi connectivity index (χ0) is 14.7. The van der Waals surface area contributed by atoms with Gasteiger partial charge in [-0.25, -0.2) is 4.98 Å². The SMILES string of the molecule is O=C(c1csc(-c2ccoc2)n1)N1CCCC1CCCO. The van der Waals surface area contributed by atoms with Crippen LogP contribution < -0.4 is 0 Å². The van der Waals surface area contributed by atoms with Crippen LogP contribution in [0.4, 0.5) is 0 Å². The molecule has 1 aliphatic heterocycles. The van der Waals surface area contributed by atoms with Crippen molar-refractivity contribution in [2.75, 3.05) is 13.2 Å². The first-order valence-corrected chi connectivity index (χ1v) is 8.07. The molecule has 112 valence electrons. The molecule has 0 spiro atoms. The second kappa shape index (κ2) is 6.41. The third kappa shape index (κ3) is 3.01. The Morgan fingerprint density at radius 1 is 1.57 bits per heavy atom. The molecular weight excluding hydrogens is 288 g/mol. The standard InChI is InChI=1S/C15H18N2O3S/c18-7-2-4-12-3-1-6-17(12)15(19)13-10-21-14(16-13)11-5-8-20-9-11/h5,8-10,12,18H,1-4,6-7H2. The molecule has 21 heavy (non-hydrogen) atoms. The van der Waals surface area contributed by atoms with Crippen LogP contribution in [0.3, 0.4) is 0 Å². The lowest BCUT2D eigenvalue weighted by molar-refractivity contribution is 0.0719. The number of hydrogen-bond donors (Lipinski definition) is 1. The summed E-state index contributed by atoms with van der Waals surface area (Å²) < 4.78 is 5.05. The van der Waals surface area contributed by atoms with Gasteiger partial charge < -0.3 is 14.4 Å². The number of likely N-dealkylation sites (tertiary alicyclic amines) is 1. The zero-order valence-electron chi connectivity index (χ0n) is 11.7. The smallest absolute Gasteiger partial charge is 0.273 e. The van der Waals surface area contributed by atoms with Crippen LogP contribution in [0.5, 0.6) is 0 Å². The summed E-state index contributed by atoms with van der Waals surface area (Å²) in [5, 5.41) is 11.6. The van der Waals surface area contributed by atoms with Gasteiger partial charge in [0.2, 0.25) is 0 Å². The van der Waals surface area contributed by atoms with Gasteiger partial charge in [0.1, 0.15) is 17.0 Å². The van der Waals surface area contributed by atoms with Crippen molar-refractivity contribution in [1.29, 1.82) is 0 Å². The maximum absolute atomic E-state index is 12.6. The Kier molecular flexibility index (Phi) is 4.36. The summed E-state index contributed by atoms with van der Waals surface area (Å²) in [6.45, 7) is 0.966. The van der Waals surface area contributed by atoms with Gasteiger partial charge in [-0.1, -0.05) is 0 Å². The molecule has 0 saturated carbocycles. The van der Waals surface area contributed by atoms with Gasteiger partial charge in [0, 0.05) is 30.1 Å². The number of aliphatic hydroxyl groups excluding tert-OH is 1. The van der Waals surface area contributed by atoms with Gasteiger partial charge in [0.05, 0.1) is 6.26 Å². The van der Waals surface area contributed by atoms with Crippen molar-refractivity contribution in [3.63, 3.8) is 0 Å². The number of furan rings is 1. The molecule has 1 aliphatic rings.